The molecule has 45 heavy (non-hydrogen) atoms. The highest BCUT2D eigenvalue weighted by atomic mass is 15.1. The molecule has 0 saturated carbocycles. The van der Waals surface area contributed by atoms with Gasteiger partial charge in [-0.05, 0) is 94.8 Å². The van der Waals surface area contributed by atoms with Crippen molar-refractivity contribution >= 4 is 0 Å². The third-order valence-corrected chi connectivity index (χ3v) is 10.5. The molecule has 222 valence electrons. The molecule has 6 aromatic rings. The number of fused-ring (bicyclic) bond motifs is 3. The molecular formula is C42H40N3+. The van der Waals surface area contributed by atoms with Gasteiger partial charge in [-0.1, -0.05) is 81.4 Å². The lowest BCUT2D eigenvalue weighted by atomic mass is 9.58. The van der Waals surface area contributed by atoms with Gasteiger partial charge in [0.2, 0.25) is 5.69 Å². The maximum atomic E-state index is 4.57. The Labute approximate surface area is 267 Å². The summed E-state index contributed by atoms with van der Waals surface area (Å²) in [5.41, 5.74) is 12.3. The van der Waals surface area contributed by atoms with Gasteiger partial charge in [0.1, 0.15) is 0 Å². The van der Waals surface area contributed by atoms with Gasteiger partial charge in [0.05, 0.1) is 11.0 Å². The lowest BCUT2D eigenvalue weighted by Crippen LogP contribution is -2.68. The van der Waals surface area contributed by atoms with E-state index in [1.165, 1.54) is 39.1 Å². The minimum absolute atomic E-state index is 0.0268. The van der Waals surface area contributed by atoms with Gasteiger partial charge >= 0.3 is 0 Å². The number of rotatable bonds is 7. The Morgan fingerprint density at radius 1 is 0.533 bits per heavy atom. The zero-order valence-corrected chi connectivity index (χ0v) is 26.7. The third kappa shape index (κ3) is 4.69. The summed E-state index contributed by atoms with van der Waals surface area (Å²) < 4.78 is 2.58. The van der Waals surface area contributed by atoms with Crippen LogP contribution in [0.4, 0.5) is 0 Å². The highest BCUT2D eigenvalue weighted by Crippen LogP contribution is 2.51. The van der Waals surface area contributed by atoms with Gasteiger partial charge in [-0.25, -0.2) is 9.97 Å². The summed E-state index contributed by atoms with van der Waals surface area (Å²) in [6.45, 7) is 9.55. The molecule has 0 amide bonds. The van der Waals surface area contributed by atoms with Crippen molar-refractivity contribution in [2.75, 3.05) is 0 Å². The van der Waals surface area contributed by atoms with E-state index in [-0.39, 0.29) is 11.0 Å². The molecule has 3 heteroatoms. The fourth-order valence-electron chi connectivity index (χ4n) is 7.91. The molecule has 0 fully saturated rings. The van der Waals surface area contributed by atoms with Crippen LogP contribution in [0.15, 0.2) is 134 Å². The van der Waals surface area contributed by atoms with Crippen molar-refractivity contribution in [2.45, 2.75) is 57.9 Å². The average molecular weight is 587 g/mol. The Morgan fingerprint density at radius 3 is 1.84 bits per heavy atom. The van der Waals surface area contributed by atoms with Crippen molar-refractivity contribution in [2.24, 2.45) is 0 Å². The average Bonchev–Trinajstić information content (AvgIpc) is 3.12. The fraction of sp³-hybridized carbons (Fsp3) is 0.214. The molecule has 3 nitrogen and oxygen atoms in total. The van der Waals surface area contributed by atoms with Crippen LogP contribution in [0, 0.1) is 0 Å². The Morgan fingerprint density at radius 2 is 1.13 bits per heavy atom. The van der Waals surface area contributed by atoms with E-state index >= 15 is 0 Å². The molecule has 0 saturated heterocycles. The zero-order valence-electron chi connectivity index (χ0n) is 26.7. The normalized spacial score (nSPS) is 16.5. The summed E-state index contributed by atoms with van der Waals surface area (Å²) in [7, 11) is 0. The molecule has 0 N–H and O–H groups in total. The lowest BCUT2D eigenvalue weighted by molar-refractivity contribution is -0.769. The van der Waals surface area contributed by atoms with E-state index in [9.17, 15) is 0 Å². The molecule has 4 aromatic carbocycles. The number of nitrogens with zero attached hydrogens (tertiary/aromatic N) is 3. The molecule has 1 atom stereocenters. The second kappa shape index (κ2) is 11.6. The van der Waals surface area contributed by atoms with E-state index in [1.54, 1.807) is 12.4 Å². The lowest BCUT2D eigenvalue weighted by Gasteiger charge is -2.47. The largest absolute Gasteiger partial charge is 0.237 e. The molecule has 1 unspecified atom stereocenters. The van der Waals surface area contributed by atoms with Crippen LogP contribution in [0.5, 0.6) is 0 Å². The van der Waals surface area contributed by atoms with E-state index in [1.807, 2.05) is 6.07 Å². The summed E-state index contributed by atoms with van der Waals surface area (Å²) in [4.78, 5) is 9.14. The van der Waals surface area contributed by atoms with Crippen LogP contribution in [0.2, 0.25) is 0 Å². The van der Waals surface area contributed by atoms with Crippen molar-refractivity contribution in [3.05, 3.63) is 139 Å². The van der Waals surface area contributed by atoms with Crippen LogP contribution in [0.25, 0.3) is 56.0 Å². The molecule has 0 spiro atoms. The third-order valence-electron chi connectivity index (χ3n) is 10.5. The van der Waals surface area contributed by atoms with Crippen molar-refractivity contribution in [3.63, 3.8) is 0 Å². The number of pyridine rings is 1. The van der Waals surface area contributed by atoms with E-state index in [0.29, 0.717) is 0 Å². The zero-order chi connectivity index (χ0) is 31.0. The van der Waals surface area contributed by atoms with Crippen LogP contribution in [0.3, 0.4) is 0 Å². The van der Waals surface area contributed by atoms with Crippen LogP contribution in [-0.4, -0.2) is 9.97 Å². The second-order valence-electron chi connectivity index (χ2n) is 12.5. The minimum atomic E-state index is 0.0268. The van der Waals surface area contributed by atoms with E-state index in [2.05, 4.69) is 158 Å². The number of hydrogen-bond donors (Lipinski definition) is 0. The Balaban J connectivity index is 1.36. The molecule has 2 aromatic heterocycles. The summed E-state index contributed by atoms with van der Waals surface area (Å²) in [5, 5.41) is 0. The van der Waals surface area contributed by atoms with Gasteiger partial charge in [-0.3, -0.25) is 0 Å². The first-order chi connectivity index (χ1) is 22.0. The minimum Gasteiger partial charge on any atom is -0.237 e. The second-order valence-corrected chi connectivity index (χ2v) is 12.5. The Bertz CT molecular complexity index is 1920. The number of benzene rings is 4. The topological polar surface area (TPSA) is 29.7 Å². The highest BCUT2D eigenvalue weighted by Gasteiger charge is 2.58. The predicted molar refractivity (Wildman–Crippen MR) is 186 cm³/mol. The fourth-order valence-corrected chi connectivity index (χ4v) is 7.91. The standard InChI is InChI=1S/C42H40N3/c1-5-41(4)38-21-20-33(29-37(38)39-19-11-12-24-45(39)42(41,6-2)7-3)31-17-13-18-32(25-31)35-26-34(30-15-9-8-10-16-30)27-36(28-35)40-43-22-14-23-44-40/h8-29H,5-7H2,1-4H3/q+1. The first kappa shape index (κ1) is 28.9. The maximum absolute atomic E-state index is 4.57. The van der Waals surface area contributed by atoms with E-state index < -0.39 is 0 Å². The van der Waals surface area contributed by atoms with Gasteiger partial charge in [-0.2, -0.15) is 4.57 Å². The van der Waals surface area contributed by atoms with E-state index in [4.69, 9.17) is 0 Å². The van der Waals surface area contributed by atoms with Gasteiger partial charge < -0.3 is 0 Å². The molecular weight excluding hydrogens is 546 g/mol. The molecule has 0 radical (unpaired) electrons. The monoisotopic (exact) mass is 586 g/mol. The predicted octanol–water partition coefficient (Wildman–Crippen LogP) is 10.3. The van der Waals surface area contributed by atoms with Crippen molar-refractivity contribution in [3.8, 4) is 56.0 Å². The first-order valence-electron chi connectivity index (χ1n) is 16.3. The quantitative estimate of drug-likeness (QED) is 0.174. The van der Waals surface area contributed by atoms with Crippen molar-refractivity contribution < 1.29 is 4.57 Å². The van der Waals surface area contributed by atoms with Crippen LogP contribution >= 0.6 is 0 Å². The smallest absolute Gasteiger partial charge is 0.213 e. The summed E-state index contributed by atoms with van der Waals surface area (Å²) in [5.74, 6) is 0.729. The molecule has 7 rings (SSSR count). The van der Waals surface area contributed by atoms with E-state index in [0.717, 1.165) is 41.8 Å². The van der Waals surface area contributed by atoms with Gasteiger partial charge in [0.15, 0.2) is 17.6 Å². The summed E-state index contributed by atoms with van der Waals surface area (Å²) in [6.07, 6.45) is 9.19. The van der Waals surface area contributed by atoms with Gasteiger partial charge in [-0.15, -0.1) is 0 Å². The number of aromatic nitrogens is 3. The Hall–Kier alpha value is -4.89. The van der Waals surface area contributed by atoms with Gasteiger partial charge in [0.25, 0.3) is 0 Å². The molecule has 1 aliphatic heterocycles. The van der Waals surface area contributed by atoms with Crippen LogP contribution in [0.1, 0.15) is 52.5 Å². The summed E-state index contributed by atoms with van der Waals surface area (Å²) >= 11 is 0. The van der Waals surface area contributed by atoms with Crippen LogP contribution < -0.4 is 4.57 Å². The maximum Gasteiger partial charge on any atom is 0.213 e. The highest BCUT2D eigenvalue weighted by molar-refractivity contribution is 5.82. The van der Waals surface area contributed by atoms with Crippen molar-refractivity contribution in [1.29, 1.82) is 0 Å². The van der Waals surface area contributed by atoms with Crippen LogP contribution in [-0.2, 0) is 11.0 Å². The van der Waals surface area contributed by atoms with Gasteiger partial charge in [0, 0.05) is 42.9 Å². The molecule has 0 aliphatic carbocycles. The first-order valence-corrected chi connectivity index (χ1v) is 16.3. The molecule has 1 aliphatic rings. The molecule has 3 heterocycles. The van der Waals surface area contributed by atoms with Crippen molar-refractivity contribution in [1.82, 2.24) is 9.97 Å². The Kier molecular flexibility index (Phi) is 7.41. The summed E-state index contributed by atoms with van der Waals surface area (Å²) in [6, 6.07) is 41.9. The molecule has 0 bridgehead atoms. The number of hydrogen-bond acceptors (Lipinski definition) is 2. The SMILES string of the molecule is CCC1(C)c2ccc(-c3cccc(-c4cc(-c5ccccc5)cc(-c5ncccn5)c4)c3)cc2-c2cccc[n+]2C1(CC)CC.